The molecule has 0 atom stereocenters. The Balaban J connectivity index is 1.81. The van der Waals surface area contributed by atoms with Gasteiger partial charge in [0.15, 0.2) is 11.5 Å². The second kappa shape index (κ2) is 7.25. The van der Waals surface area contributed by atoms with E-state index in [4.69, 9.17) is 21.3 Å². The molecule has 0 radical (unpaired) electrons. The number of para-hydroxylation sites is 2. The Kier molecular flexibility index (Phi) is 4.81. The number of anilines is 1. The fraction of sp³-hybridized carbons (Fsp3) is 0.286. The summed E-state index contributed by atoms with van der Waals surface area (Å²) < 4.78 is 6.32. The molecule has 0 saturated heterocycles. The summed E-state index contributed by atoms with van der Waals surface area (Å²) in [7, 11) is 6.21. The minimum atomic E-state index is 0.671. The third kappa shape index (κ3) is 3.40. The van der Waals surface area contributed by atoms with Gasteiger partial charge in [-0.2, -0.15) is 0 Å². The van der Waals surface area contributed by atoms with Gasteiger partial charge in [-0.05, 0) is 57.4 Å². The standard InChI is InChI=1S/C21H23ClN4O/c1-25(2)12-6-11-23-21-19-20(15-10-9-14(22)13-16(15)24-19)27-18-8-5-4-7-17(18)26(21)3/h4-5,7-10,13,23H,6,11-12H2,1-3H3. The van der Waals surface area contributed by atoms with Crippen LogP contribution in [-0.2, 0) is 0 Å². The van der Waals surface area contributed by atoms with Crippen molar-refractivity contribution in [3.8, 4) is 5.75 Å². The van der Waals surface area contributed by atoms with Gasteiger partial charge in [-0.15, -0.1) is 0 Å². The normalized spacial score (nSPS) is 15.0. The lowest BCUT2D eigenvalue weighted by Crippen LogP contribution is -2.31. The molecule has 0 aromatic heterocycles. The topological polar surface area (TPSA) is 40.1 Å². The minimum absolute atomic E-state index is 0.671. The Morgan fingerprint density at radius 1 is 1.19 bits per heavy atom. The highest BCUT2D eigenvalue weighted by Gasteiger charge is 2.28. The predicted molar refractivity (Wildman–Crippen MR) is 109 cm³/mol. The van der Waals surface area contributed by atoms with Crippen molar-refractivity contribution in [1.29, 1.82) is 0 Å². The number of nitrogens with one attached hydrogen (secondary N) is 1. The van der Waals surface area contributed by atoms with Gasteiger partial charge in [0.05, 0.1) is 11.0 Å². The van der Waals surface area contributed by atoms with Crippen molar-refractivity contribution >= 4 is 23.0 Å². The Morgan fingerprint density at radius 2 is 2.00 bits per heavy atom. The van der Waals surface area contributed by atoms with E-state index in [0.717, 1.165) is 58.8 Å². The highest BCUT2D eigenvalue weighted by Crippen LogP contribution is 2.37. The summed E-state index contributed by atoms with van der Waals surface area (Å²) in [5, 5.41) is 6.06. The second-order valence-corrected chi connectivity index (χ2v) is 7.45. The van der Waals surface area contributed by atoms with Crippen LogP contribution in [0, 0.1) is 0 Å². The van der Waals surface area contributed by atoms with Crippen molar-refractivity contribution in [2.45, 2.75) is 6.42 Å². The maximum atomic E-state index is 6.32. The van der Waals surface area contributed by atoms with Crippen molar-refractivity contribution in [2.24, 2.45) is 4.99 Å². The van der Waals surface area contributed by atoms with Gasteiger partial charge in [0.25, 0.3) is 0 Å². The predicted octanol–water partition coefficient (Wildman–Crippen LogP) is 2.32. The molecule has 2 aliphatic rings. The summed E-state index contributed by atoms with van der Waals surface area (Å²) in [5.41, 5.74) is 1.82. The summed E-state index contributed by atoms with van der Waals surface area (Å²) in [4.78, 5) is 9.14. The molecule has 1 N–H and O–H groups in total. The van der Waals surface area contributed by atoms with Gasteiger partial charge in [0, 0.05) is 23.8 Å². The molecule has 4 rings (SSSR count). The van der Waals surface area contributed by atoms with Crippen molar-refractivity contribution in [3.05, 3.63) is 69.6 Å². The van der Waals surface area contributed by atoms with E-state index in [9.17, 15) is 0 Å². The third-order valence-corrected chi connectivity index (χ3v) is 4.96. The highest BCUT2D eigenvalue weighted by molar-refractivity contribution is 6.30. The summed E-state index contributed by atoms with van der Waals surface area (Å²) in [6.07, 6.45) is 1.04. The fourth-order valence-corrected chi connectivity index (χ4v) is 3.53. The van der Waals surface area contributed by atoms with Crippen LogP contribution in [0.4, 0.5) is 5.69 Å². The van der Waals surface area contributed by atoms with E-state index in [1.807, 2.05) is 43.4 Å². The Bertz CT molecular complexity index is 1030. The van der Waals surface area contributed by atoms with Crippen LogP contribution in [0.3, 0.4) is 0 Å². The number of benzene rings is 2. The summed E-state index contributed by atoms with van der Waals surface area (Å²) in [6.45, 7) is 1.87. The van der Waals surface area contributed by atoms with Gasteiger partial charge >= 0.3 is 0 Å². The zero-order valence-corrected chi connectivity index (χ0v) is 16.5. The number of ether oxygens (including phenoxy) is 1. The first-order chi connectivity index (χ1) is 13.0. The molecule has 27 heavy (non-hydrogen) atoms. The van der Waals surface area contributed by atoms with Gasteiger partial charge < -0.3 is 19.9 Å². The average molecular weight is 383 g/mol. The lowest BCUT2D eigenvalue weighted by atomic mass is 10.2. The largest absolute Gasteiger partial charge is 0.452 e. The molecule has 0 spiro atoms. The zero-order chi connectivity index (χ0) is 19.0. The van der Waals surface area contributed by atoms with Gasteiger partial charge in [-0.25, -0.2) is 4.99 Å². The molecule has 6 heteroatoms. The second-order valence-electron chi connectivity index (χ2n) is 7.01. The summed E-state index contributed by atoms with van der Waals surface area (Å²) in [5.74, 6) is 2.53. The molecule has 2 aromatic rings. The number of halogens is 1. The number of nitrogens with zero attached hydrogens (tertiary/aromatic N) is 3. The van der Waals surface area contributed by atoms with Crippen molar-refractivity contribution in [2.75, 3.05) is 39.1 Å². The fourth-order valence-electron chi connectivity index (χ4n) is 3.37. The molecule has 2 aromatic carbocycles. The molecule has 0 amide bonds. The molecule has 2 heterocycles. The number of rotatable bonds is 5. The summed E-state index contributed by atoms with van der Waals surface area (Å²) >= 11 is 6.17. The minimum Gasteiger partial charge on any atom is -0.452 e. The molecule has 0 unspecified atom stereocenters. The molecule has 0 bridgehead atoms. The third-order valence-electron chi connectivity index (χ3n) is 4.72. The molecule has 2 aliphatic heterocycles. The smallest absolute Gasteiger partial charge is 0.166 e. The molecule has 0 saturated carbocycles. The van der Waals surface area contributed by atoms with E-state index in [-0.39, 0.29) is 0 Å². The number of hydrogen-bond donors (Lipinski definition) is 1. The quantitative estimate of drug-likeness (QED) is 0.806. The highest BCUT2D eigenvalue weighted by atomic mass is 35.5. The SMILES string of the molecule is CN(C)CCCNC1=C2N=c3cc(Cl)ccc3=C2Oc2ccccc2N1C. The van der Waals surface area contributed by atoms with E-state index in [1.165, 1.54) is 0 Å². The molecule has 0 aliphatic carbocycles. The Labute approximate surface area is 164 Å². The lowest BCUT2D eigenvalue weighted by molar-refractivity contribution is 0.397. The van der Waals surface area contributed by atoms with Gasteiger partial charge in [-0.1, -0.05) is 23.7 Å². The first-order valence-electron chi connectivity index (χ1n) is 9.07. The van der Waals surface area contributed by atoms with Crippen molar-refractivity contribution in [1.82, 2.24) is 10.2 Å². The van der Waals surface area contributed by atoms with Crippen LogP contribution >= 0.6 is 11.6 Å². The first-order valence-corrected chi connectivity index (χ1v) is 9.45. The summed E-state index contributed by atoms with van der Waals surface area (Å²) in [6, 6.07) is 13.8. The van der Waals surface area contributed by atoms with Crippen LogP contribution in [0.5, 0.6) is 5.75 Å². The molecule has 140 valence electrons. The Morgan fingerprint density at radius 3 is 2.81 bits per heavy atom. The van der Waals surface area contributed by atoms with E-state index in [1.54, 1.807) is 0 Å². The van der Waals surface area contributed by atoms with Crippen LogP contribution in [-0.4, -0.2) is 39.1 Å². The van der Waals surface area contributed by atoms with E-state index >= 15 is 0 Å². The van der Waals surface area contributed by atoms with Gasteiger partial charge in [0.2, 0.25) is 0 Å². The van der Waals surface area contributed by atoms with Crippen LogP contribution in [0.25, 0.3) is 5.76 Å². The van der Waals surface area contributed by atoms with Crippen molar-refractivity contribution < 1.29 is 4.74 Å². The average Bonchev–Trinajstić information content (AvgIpc) is 2.93. The van der Waals surface area contributed by atoms with E-state index < -0.39 is 0 Å². The molecular formula is C21H23ClN4O. The van der Waals surface area contributed by atoms with Crippen molar-refractivity contribution in [3.63, 3.8) is 0 Å². The van der Waals surface area contributed by atoms with E-state index in [2.05, 4.69) is 35.3 Å². The van der Waals surface area contributed by atoms with Gasteiger partial charge in [-0.3, -0.25) is 0 Å². The van der Waals surface area contributed by atoms with Crippen LogP contribution < -0.4 is 25.5 Å². The maximum absolute atomic E-state index is 6.32. The number of hydrogen-bond acceptors (Lipinski definition) is 5. The molecular weight excluding hydrogens is 360 g/mol. The first kappa shape index (κ1) is 17.9. The van der Waals surface area contributed by atoms with Crippen LogP contribution in [0.1, 0.15) is 6.42 Å². The van der Waals surface area contributed by atoms with Crippen LogP contribution in [0.2, 0.25) is 5.02 Å². The monoisotopic (exact) mass is 382 g/mol. The van der Waals surface area contributed by atoms with Crippen LogP contribution in [0.15, 0.2) is 59.0 Å². The molecule has 5 nitrogen and oxygen atoms in total. The lowest BCUT2D eigenvalue weighted by Gasteiger charge is -2.24. The maximum Gasteiger partial charge on any atom is 0.166 e. The number of fused-ring (bicyclic) bond motifs is 3. The Hall–Kier alpha value is -2.50. The van der Waals surface area contributed by atoms with E-state index in [0.29, 0.717) is 5.02 Å². The zero-order valence-electron chi connectivity index (χ0n) is 15.8. The van der Waals surface area contributed by atoms with Gasteiger partial charge in [0.1, 0.15) is 11.5 Å². The molecule has 0 fully saturated rings.